The highest BCUT2D eigenvalue weighted by molar-refractivity contribution is 5.36. The summed E-state index contributed by atoms with van der Waals surface area (Å²) in [5.41, 5.74) is 2.25. The van der Waals surface area contributed by atoms with E-state index in [0.717, 1.165) is 38.2 Å². The van der Waals surface area contributed by atoms with Crippen molar-refractivity contribution in [2.45, 2.75) is 32.4 Å². The highest BCUT2D eigenvalue weighted by atomic mass is 16.1. The van der Waals surface area contributed by atoms with Crippen LogP contribution in [0.1, 0.15) is 24.1 Å². The van der Waals surface area contributed by atoms with Gasteiger partial charge in [0.05, 0.1) is 6.20 Å². The number of aryl methyl sites for hydroxylation is 2. The highest BCUT2D eigenvalue weighted by Crippen LogP contribution is 2.15. The van der Waals surface area contributed by atoms with Crippen LogP contribution in [0.4, 0.5) is 5.82 Å². The van der Waals surface area contributed by atoms with Gasteiger partial charge in [-0.05, 0) is 19.8 Å². The Hall–Kier alpha value is -2.15. The minimum absolute atomic E-state index is 0.0335. The molecule has 22 heavy (non-hydrogen) atoms. The van der Waals surface area contributed by atoms with Crippen LogP contribution in [0.2, 0.25) is 0 Å². The largest absolute Gasteiger partial charge is 0.350 e. The summed E-state index contributed by atoms with van der Waals surface area (Å²) in [6.07, 6.45) is 7.40. The second kappa shape index (κ2) is 6.31. The molecular formula is C15H22N6O. The first-order valence-corrected chi connectivity index (χ1v) is 7.64. The van der Waals surface area contributed by atoms with E-state index in [1.54, 1.807) is 24.0 Å². The molecule has 2 N–H and O–H groups in total. The van der Waals surface area contributed by atoms with Gasteiger partial charge < -0.3 is 14.8 Å². The summed E-state index contributed by atoms with van der Waals surface area (Å²) in [5.74, 6) is 0.552. The van der Waals surface area contributed by atoms with Gasteiger partial charge in [0.15, 0.2) is 5.82 Å². The Morgan fingerprint density at radius 1 is 1.50 bits per heavy atom. The van der Waals surface area contributed by atoms with Gasteiger partial charge in [0.2, 0.25) is 0 Å². The van der Waals surface area contributed by atoms with Gasteiger partial charge in [0.25, 0.3) is 5.56 Å². The van der Waals surface area contributed by atoms with Crippen LogP contribution in [-0.4, -0.2) is 38.9 Å². The fourth-order valence-corrected chi connectivity index (χ4v) is 2.85. The van der Waals surface area contributed by atoms with Gasteiger partial charge in [0.1, 0.15) is 0 Å². The van der Waals surface area contributed by atoms with Crippen molar-refractivity contribution in [3.05, 3.63) is 40.2 Å². The zero-order valence-electron chi connectivity index (χ0n) is 13.0. The van der Waals surface area contributed by atoms with Crippen LogP contribution in [0.5, 0.6) is 0 Å². The van der Waals surface area contributed by atoms with E-state index in [0.29, 0.717) is 11.9 Å². The Balaban J connectivity index is 1.65. The SMILES string of the molecule is Cc1[nH]ncc1CN[C@H]1CCCN(c2nccn(C)c2=O)C1. The molecule has 0 aliphatic carbocycles. The van der Waals surface area contributed by atoms with E-state index in [4.69, 9.17) is 0 Å². The fourth-order valence-electron chi connectivity index (χ4n) is 2.85. The van der Waals surface area contributed by atoms with Crippen molar-refractivity contribution in [1.82, 2.24) is 25.1 Å². The molecule has 0 bridgehead atoms. The number of rotatable bonds is 4. The van der Waals surface area contributed by atoms with E-state index in [2.05, 4.69) is 25.4 Å². The molecule has 118 valence electrons. The summed E-state index contributed by atoms with van der Waals surface area (Å²) in [6, 6.07) is 0.356. The Labute approximate surface area is 129 Å². The minimum atomic E-state index is -0.0335. The lowest BCUT2D eigenvalue weighted by atomic mass is 10.1. The molecule has 7 nitrogen and oxygen atoms in total. The topological polar surface area (TPSA) is 78.8 Å². The number of aromatic nitrogens is 4. The molecule has 0 amide bonds. The summed E-state index contributed by atoms with van der Waals surface area (Å²) in [6.45, 7) is 4.51. The number of H-pyrrole nitrogens is 1. The standard InChI is InChI=1S/C15H22N6O/c1-11-12(9-18-19-11)8-17-13-4-3-6-21(10-13)14-15(22)20(2)7-5-16-14/h5,7,9,13,17H,3-4,6,8,10H2,1-2H3,(H,18,19)/t13-/m0/s1. The molecule has 1 fully saturated rings. The van der Waals surface area contributed by atoms with E-state index >= 15 is 0 Å². The predicted molar refractivity (Wildman–Crippen MR) is 84.9 cm³/mol. The van der Waals surface area contributed by atoms with Crippen LogP contribution in [0.15, 0.2) is 23.4 Å². The monoisotopic (exact) mass is 302 g/mol. The molecule has 3 rings (SSSR count). The summed E-state index contributed by atoms with van der Waals surface area (Å²) in [5, 5.41) is 10.6. The first-order valence-electron chi connectivity index (χ1n) is 7.64. The van der Waals surface area contributed by atoms with Crippen LogP contribution in [0.25, 0.3) is 0 Å². The Kier molecular flexibility index (Phi) is 4.24. The zero-order chi connectivity index (χ0) is 15.5. The van der Waals surface area contributed by atoms with Gasteiger partial charge in [-0.2, -0.15) is 5.10 Å². The second-order valence-electron chi connectivity index (χ2n) is 5.85. The molecule has 0 aromatic carbocycles. The number of piperidine rings is 1. The van der Waals surface area contributed by atoms with Crippen LogP contribution >= 0.6 is 0 Å². The molecule has 0 unspecified atom stereocenters. The number of nitrogens with one attached hydrogen (secondary N) is 2. The maximum Gasteiger partial charge on any atom is 0.293 e. The first kappa shape index (κ1) is 14.8. The minimum Gasteiger partial charge on any atom is -0.350 e. The summed E-state index contributed by atoms with van der Waals surface area (Å²) in [7, 11) is 1.76. The van der Waals surface area contributed by atoms with E-state index < -0.39 is 0 Å². The lowest BCUT2D eigenvalue weighted by Crippen LogP contribution is -2.47. The molecule has 7 heteroatoms. The predicted octanol–water partition coefficient (Wildman–Crippen LogP) is 0.570. The fraction of sp³-hybridized carbons (Fsp3) is 0.533. The van der Waals surface area contributed by atoms with Crippen LogP contribution in [0, 0.1) is 6.92 Å². The maximum atomic E-state index is 12.2. The average Bonchev–Trinajstić information content (AvgIpc) is 2.93. The van der Waals surface area contributed by atoms with Crippen LogP contribution in [0.3, 0.4) is 0 Å². The van der Waals surface area contributed by atoms with Crippen molar-refractivity contribution in [1.29, 1.82) is 0 Å². The van der Waals surface area contributed by atoms with Gasteiger partial charge in [-0.1, -0.05) is 0 Å². The van der Waals surface area contributed by atoms with E-state index in [9.17, 15) is 4.79 Å². The number of hydrogen-bond donors (Lipinski definition) is 2. The van der Waals surface area contributed by atoms with Gasteiger partial charge in [-0.3, -0.25) is 9.89 Å². The smallest absolute Gasteiger partial charge is 0.293 e. The zero-order valence-corrected chi connectivity index (χ0v) is 13.0. The normalized spacial score (nSPS) is 18.6. The summed E-state index contributed by atoms with van der Waals surface area (Å²) in [4.78, 5) is 18.6. The van der Waals surface area contributed by atoms with Crippen molar-refractivity contribution < 1.29 is 0 Å². The van der Waals surface area contributed by atoms with Gasteiger partial charge in [-0.25, -0.2) is 4.98 Å². The van der Waals surface area contributed by atoms with Crippen molar-refractivity contribution in [3.63, 3.8) is 0 Å². The molecule has 0 spiro atoms. The maximum absolute atomic E-state index is 12.2. The number of anilines is 1. The summed E-state index contributed by atoms with van der Waals surface area (Å²) < 4.78 is 1.58. The van der Waals surface area contributed by atoms with Crippen molar-refractivity contribution >= 4 is 5.82 Å². The molecular weight excluding hydrogens is 280 g/mol. The molecule has 2 aromatic heterocycles. The molecule has 0 saturated carbocycles. The lowest BCUT2D eigenvalue weighted by Gasteiger charge is -2.33. The molecule has 2 aromatic rings. The Bertz CT molecular complexity index is 691. The van der Waals surface area contributed by atoms with E-state index in [1.165, 1.54) is 5.56 Å². The second-order valence-corrected chi connectivity index (χ2v) is 5.85. The molecule has 3 heterocycles. The number of nitrogens with zero attached hydrogens (tertiary/aromatic N) is 4. The average molecular weight is 302 g/mol. The molecule has 1 aliphatic rings. The quantitative estimate of drug-likeness (QED) is 0.863. The third-order valence-corrected chi connectivity index (χ3v) is 4.24. The Morgan fingerprint density at radius 2 is 2.36 bits per heavy atom. The highest BCUT2D eigenvalue weighted by Gasteiger charge is 2.22. The van der Waals surface area contributed by atoms with E-state index in [-0.39, 0.29) is 5.56 Å². The lowest BCUT2D eigenvalue weighted by molar-refractivity contribution is 0.418. The first-order chi connectivity index (χ1) is 10.6. The van der Waals surface area contributed by atoms with E-state index in [1.807, 2.05) is 13.1 Å². The van der Waals surface area contributed by atoms with Crippen molar-refractivity contribution in [2.75, 3.05) is 18.0 Å². The molecule has 0 radical (unpaired) electrons. The number of hydrogen-bond acceptors (Lipinski definition) is 5. The Morgan fingerprint density at radius 3 is 3.14 bits per heavy atom. The van der Waals surface area contributed by atoms with Crippen molar-refractivity contribution in [2.24, 2.45) is 7.05 Å². The van der Waals surface area contributed by atoms with Crippen LogP contribution in [-0.2, 0) is 13.6 Å². The van der Waals surface area contributed by atoms with Gasteiger partial charge in [-0.15, -0.1) is 0 Å². The molecule has 1 saturated heterocycles. The molecule has 1 aliphatic heterocycles. The van der Waals surface area contributed by atoms with Crippen molar-refractivity contribution in [3.8, 4) is 0 Å². The number of aromatic amines is 1. The summed E-state index contributed by atoms with van der Waals surface area (Å²) >= 11 is 0. The van der Waals surface area contributed by atoms with Gasteiger partial charge in [0, 0.05) is 56.4 Å². The third-order valence-electron chi connectivity index (χ3n) is 4.24. The van der Waals surface area contributed by atoms with Crippen LogP contribution < -0.4 is 15.8 Å². The third kappa shape index (κ3) is 3.04. The molecule has 1 atom stereocenters. The van der Waals surface area contributed by atoms with Gasteiger partial charge >= 0.3 is 0 Å².